The van der Waals surface area contributed by atoms with E-state index in [1.54, 1.807) is 23.1 Å². The summed E-state index contributed by atoms with van der Waals surface area (Å²) in [5, 5.41) is 12.3. The Balaban J connectivity index is 1.99. The molecule has 0 aliphatic rings. The highest BCUT2D eigenvalue weighted by Crippen LogP contribution is 2.25. The van der Waals surface area contributed by atoms with Crippen LogP contribution in [0.15, 0.2) is 34.5 Å². The molecule has 0 aliphatic carbocycles. The number of thiazole rings is 1. The maximum absolute atomic E-state index is 9.03. The SMILES string of the molecule is Cc1csc(CSc2cccc(CO)c2)n1. The van der Waals surface area contributed by atoms with Crippen LogP contribution in [0.4, 0.5) is 0 Å². The van der Waals surface area contributed by atoms with Crippen molar-refractivity contribution in [3.8, 4) is 0 Å². The number of thioether (sulfide) groups is 1. The number of aromatic nitrogens is 1. The quantitative estimate of drug-likeness (QED) is 0.847. The molecule has 0 amide bonds. The normalized spacial score (nSPS) is 10.6. The van der Waals surface area contributed by atoms with Gasteiger partial charge in [-0.1, -0.05) is 12.1 Å². The summed E-state index contributed by atoms with van der Waals surface area (Å²) in [5.74, 6) is 0.896. The van der Waals surface area contributed by atoms with E-state index in [-0.39, 0.29) is 6.61 Å². The summed E-state index contributed by atoms with van der Waals surface area (Å²) in [5.41, 5.74) is 2.05. The van der Waals surface area contributed by atoms with Crippen LogP contribution < -0.4 is 0 Å². The molecule has 1 aromatic carbocycles. The second-order valence-corrected chi connectivity index (χ2v) is 5.47. The number of nitrogens with zero attached hydrogens (tertiary/aromatic N) is 1. The highest BCUT2D eigenvalue weighted by molar-refractivity contribution is 7.98. The van der Waals surface area contributed by atoms with Gasteiger partial charge in [-0.2, -0.15) is 0 Å². The zero-order chi connectivity index (χ0) is 11.4. The lowest BCUT2D eigenvalue weighted by molar-refractivity contribution is 0.281. The molecule has 2 aromatic rings. The summed E-state index contributed by atoms with van der Waals surface area (Å²) in [4.78, 5) is 5.60. The number of aliphatic hydroxyl groups is 1. The molecule has 0 spiro atoms. The Bertz CT molecular complexity index is 468. The first-order valence-corrected chi connectivity index (χ1v) is 6.88. The first kappa shape index (κ1) is 11.6. The average Bonchev–Trinajstić information content (AvgIpc) is 2.73. The summed E-state index contributed by atoms with van der Waals surface area (Å²) in [7, 11) is 0. The fraction of sp³-hybridized carbons (Fsp3) is 0.250. The number of hydrogen-bond donors (Lipinski definition) is 1. The molecule has 1 N–H and O–H groups in total. The van der Waals surface area contributed by atoms with Gasteiger partial charge in [0.05, 0.1) is 12.4 Å². The van der Waals surface area contributed by atoms with Crippen molar-refractivity contribution in [3.05, 3.63) is 45.9 Å². The Hall–Kier alpha value is -0.840. The summed E-state index contributed by atoms with van der Waals surface area (Å²) in [6, 6.07) is 7.98. The minimum atomic E-state index is 0.102. The zero-order valence-corrected chi connectivity index (χ0v) is 10.6. The van der Waals surface area contributed by atoms with Crippen LogP contribution in [-0.4, -0.2) is 10.1 Å². The molecule has 2 nitrogen and oxygen atoms in total. The molecule has 0 atom stereocenters. The molecule has 1 heterocycles. The third-order valence-electron chi connectivity index (χ3n) is 2.11. The molecule has 16 heavy (non-hydrogen) atoms. The van der Waals surface area contributed by atoms with Crippen LogP contribution >= 0.6 is 23.1 Å². The van der Waals surface area contributed by atoms with E-state index >= 15 is 0 Å². The summed E-state index contributed by atoms with van der Waals surface area (Å²) >= 11 is 3.45. The highest BCUT2D eigenvalue weighted by atomic mass is 32.2. The van der Waals surface area contributed by atoms with E-state index in [1.807, 2.05) is 25.1 Å². The van der Waals surface area contributed by atoms with E-state index < -0.39 is 0 Å². The van der Waals surface area contributed by atoms with Crippen LogP contribution in [0.3, 0.4) is 0 Å². The van der Waals surface area contributed by atoms with Crippen molar-refractivity contribution in [2.75, 3.05) is 0 Å². The highest BCUT2D eigenvalue weighted by Gasteiger charge is 2.01. The molecule has 4 heteroatoms. The molecular formula is C12H13NOS2. The maximum atomic E-state index is 9.03. The standard InChI is InChI=1S/C12H13NOS2/c1-9-7-16-12(13-9)8-15-11-4-2-3-10(5-11)6-14/h2-5,7,14H,6,8H2,1H3. The summed E-state index contributed by atoms with van der Waals surface area (Å²) in [6.45, 7) is 2.11. The average molecular weight is 251 g/mol. The number of aryl methyl sites for hydroxylation is 1. The lowest BCUT2D eigenvalue weighted by atomic mass is 10.2. The Morgan fingerprint density at radius 3 is 3.00 bits per heavy atom. The molecule has 0 radical (unpaired) electrons. The third kappa shape index (κ3) is 3.07. The van der Waals surface area contributed by atoms with Gasteiger partial charge in [-0.3, -0.25) is 0 Å². The van der Waals surface area contributed by atoms with Gasteiger partial charge in [0, 0.05) is 16.0 Å². The molecule has 2 rings (SSSR count). The monoisotopic (exact) mass is 251 g/mol. The van der Waals surface area contributed by atoms with E-state index in [4.69, 9.17) is 5.11 Å². The molecule has 0 fully saturated rings. The predicted molar refractivity (Wildman–Crippen MR) is 68.8 cm³/mol. The van der Waals surface area contributed by atoms with E-state index in [1.165, 1.54) is 4.90 Å². The molecule has 0 aliphatic heterocycles. The Morgan fingerprint density at radius 2 is 2.31 bits per heavy atom. The fourth-order valence-corrected chi connectivity index (χ4v) is 3.12. The van der Waals surface area contributed by atoms with Gasteiger partial charge >= 0.3 is 0 Å². The van der Waals surface area contributed by atoms with Gasteiger partial charge in [-0.15, -0.1) is 23.1 Å². The van der Waals surface area contributed by atoms with Crippen LogP contribution in [-0.2, 0) is 12.4 Å². The maximum Gasteiger partial charge on any atom is 0.103 e. The van der Waals surface area contributed by atoms with Crippen molar-refractivity contribution in [2.24, 2.45) is 0 Å². The zero-order valence-electron chi connectivity index (χ0n) is 9.01. The van der Waals surface area contributed by atoms with Gasteiger partial charge in [0.15, 0.2) is 0 Å². The van der Waals surface area contributed by atoms with Gasteiger partial charge in [0.25, 0.3) is 0 Å². The fourth-order valence-electron chi connectivity index (χ4n) is 1.35. The second-order valence-electron chi connectivity index (χ2n) is 3.48. The van der Waals surface area contributed by atoms with Crippen LogP contribution in [0.5, 0.6) is 0 Å². The molecule has 0 unspecified atom stereocenters. The van der Waals surface area contributed by atoms with Crippen LogP contribution in [0.25, 0.3) is 0 Å². The molecule has 84 valence electrons. The topological polar surface area (TPSA) is 33.1 Å². The van der Waals surface area contributed by atoms with Crippen LogP contribution in [0.2, 0.25) is 0 Å². The molecule has 0 bridgehead atoms. The number of hydrogen-bond acceptors (Lipinski definition) is 4. The lowest BCUT2D eigenvalue weighted by Gasteiger charge is -2.01. The van der Waals surface area contributed by atoms with E-state index in [2.05, 4.69) is 16.4 Å². The van der Waals surface area contributed by atoms with E-state index in [0.717, 1.165) is 22.0 Å². The lowest BCUT2D eigenvalue weighted by Crippen LogP contribution is -1.84. The molecular weight excluding hydrogens is 238 g/mol. The largest absolute Gasteiger partial charge is 0.392 e. The van der Waals surface area contributed by atoms with Gasteiger partial charge in [-0.05, 0) is 24.6 Å². The summed E-state index contributed by atoms with van der Waals surface area (Å²) < 4.78 is 0. The first-order chi connectivity index (χ1) is 7.78. The summed E-state index contributed by atoms with van der Waals surface area (Å²) in [6.07, 6.45) is 0. The number of benzene rings is 1. The smallest absolute Gasteiger partial charge is 0.103 e. The predicted octanol–water partition coefficient (Wildman–Crippen LogP) is 3.24. The van der Waals surface area contributed by atoms with Crippen molar-refractivity contribution in [3.63, 3.8) is 0 Å². The van der Waals surface area contributed by atoms with Gasteiger partial charge < -0.3 is 5.11 Å². The van der Waals surface area contributed by atoms with Gasteiger partial charge in [-0.25, -0.2) is 4.98 Å². The Kier molecular flexibility index (Phi) is 3.98. The van der Waals surface area contributed by atoms with Crippen LogP contribution in [0, 0.1) is 6.92 Å². The minimum Gasteiger partial charge on any atom is -0.392 e. The van der Waals surface area contributed by atoms with Crippen molar-refractivity contribution >= 4 is 23.1 Å². The van der Waals surface area contributed by atoms with Crippen molar-refractivity contribution in [2.45, 2.75) is 24.2 Å². The second kappa shape index (κ2) is 5.48. The molecule has 0 saturated heterocycles. The van der Waals surface area contributed by atoms with Gasteiger partial charge in [0.2, 0.25) is 0 Å². The Labute approximate surface area is 103 Å². The Morgan fingerprint density at radius 1 is 1.44 bits per heavy atom. The molecule has 1 aromatic heterocycles. The van der Waals surface area contributed by atoms with E-state index in [9.17, 15) is 0 Å². The van der Waals surface area contributed by atoms with Crippen molar-refractivity contribution < 1.29 is 5.11 Å². The van der Waals surface area contributed by atoms with Crippen molar-refractivity contribution in [1.82, 2.24) is 4.98 Å². The number of rotatable bonds is 4. The molecule has 0 saturated carbocycles. The van der Waals surface area contributed by atoms with Crippen LogP contribution in [0.1, 0.15) is 16.3 Å². The first-order valence-electron chi connectivity index (χ1n) is 5.01. The number of aliphatic hydroxyl groups excluding tert-OH is 1. The third-order valence-corrected chi connectivity index (χ3v) is 4.26. The van der Waals surface area contributed by atoms with Crippen molar-refractivity contribution in [1.29, 1.82) is 0 Å². The minimum absolute atomic E-state index is 0.102. The van der Waals surface area contributed by atoms with E-state index in [0.29, 0.717) is 0 Å². The van der Waals surface area contributed by atoms with Gasteiger partial charge in [0.1, 0.15) is 5.01 Å².